The molecule has 4 heterocycles. The van der Waals surface area contributed by atoms with Gasteiger partial charge in [-0.25, -0.2) is 0 Å². The number of nitrogens with zero attached hydrogens (tertiary/aromatic N) is 7. The molecule has 0 spiro atoms. The van der Waals surface area contributed by atoms with Gasteiger partial charge in [-0.05, 0) is 30.7 Å². The first-order chi connectivity index (χ1) is 11.7. The maximum atomic E-state index is 12.2. The van der Waals surface area contributed by atoms with Gasteiger partial charge in [0.25, 0.3) is 0 Å². The molecule has 1 unspecified atom stereocenters. The van der Waals surface area contributed by atoms with Gasteiger partial charge in [0.15, 0.2) is 5.76 Å². The molecule has 1 amide bonds. The van der Waals surface area contributed by atoms with Gasteiger partial charge in [0.05, 0.1) is 6.26 Å². The Morgan fingerprint density at radius 2 is 2.33 bits per heavy atom. The lowest BCUT2D eigenvalue weighted by atomic mass is 10.1. The number of amides is 1. The van der Waals surface area contributed by atoms with E-state index in [9.17, 15) is 4.79 Å². The number of hydrogen-bond donors (Lipinski definition) is 1. The molecule has 10 nitrogen and oxygen atoms in total. The topological polar surface area (TPSA) is 117 Å². The summed E-state index contributed by atoms with van der Waals surface area (Å²) in [5, 5.41) is 23.1. The van der Waals surface area contributed by atoms with Crippen LogP contribution in [0.1, 0.15) is 18.1 Å². The van der Waals surface area contributed by atoms with Gasteiger partial charge in [-0.1, -0.05) is 0 Å². The monoisotopic (exact) mass is 328 g/mol. The second-order valence-corrected chi connectivity index (χ2v) is 5.70. The lowest BCUT2D eigenvalue weighted by Crippen LogP contribution is -2.42. The zero-order valence-corrected chi connectivity index (χ0v) is 13.1. The molecule has 3 aromatic rings. The summed E-state index contributed by atoms with van der Waals surface area (Å²) < 4.78 is 7.24. The van der Waals surface area contributed by atoms with Crippen molar-refractivity contribution in [2.24, 2.45) is 0 Å². The number of carbonyl (C=O) groups excluding carboxylic acids is 1. The number of carbonyl (C=O) groups is 1. The fourth-order valence-corrected chi connectivity index (χ4v) is 2.80. The number of aromatic nitrogens is 7. The minimum atomic E-state index is -0.155. The molecule has 1 aliphatic rings. The van der Waals surface area contributed by atoms with Crippen LogP contribution in [0.5, 0.6) is 0 Å². The highest BCUT2D eigenvalue weighted by Gasteiger charge is 2.23. The highest BCUT2D eigenvalue weighted by atomic mass is 16.3. The summed E-state index contributed by atoms with van der Waals surface area (Å²) in [6.07, 6.45) is 3.18. The summed E-state index contributed by atoms with van der Waals surface area (Å²) in [7, 11) is 0. The van der Waals surface area contributed by atoms with E-state index < -0.39 is 0 Å². The molecular formula is C14H16N8O2. The van der Waals surface area contributed by atoms with E-state index in [0.29, 0.717) is 18.1 Å². The molecule has 0 aromatic carbocycles. The summed E-state index contributed by atoms with van der Waals surface area (Å²) in [5.74, 6) is 2.56. The van der Waals surface area contributed by atoms with E-state index in [4.69, 9.17) is 4.42 Å². The van der Waals surface area contributed by atoms with Gasteiger partial charge in [0, 0.05) is 19.0 Å². The lowest BCUT2D eigenvalue weighted by molar-refractivity contribution is -0.123. The first-order valence-electron chi connectivity index (χ1n) is 7.69. The van der Waals surface area contributed by atoms with E-state index in [1.54, 1.807) is 12.1 Å². The molecule has 0 radical (unpaired) electrons. The fourth-order valence-electron chi connectivity index (χ4n) is 2.80. The van der Waals surface area contributed by atoms with Crippen molar-refractivity contribution in [1.82, 2.24) is 40.3 Å². The third-order valence-corrected chi connectivity index (χ3v) is 3.98. The molecule has 24 heavy (non-hydrogen) atoms. The fraction of sp³-hybridized carbons (Fsp3) is 0.429. The average molecular weight is 328 g/mol. The number of rotatable bonds is 4. The van der Waals surface area contributed by atoms with Crippen molar-refractivity contribution in [2.75, 3.05) is 0 Å². The number of tetrazole rings is 1. The molecule has 0 saturated carbocycles. The van der Waals surface area contributed by atoms with E-state index in [1.807, 2.05) is 11.5 Å². The molecule has 0 bridgehead atoms. The summed E-state index contributed by atoms with van der Waals surface area (Å²) >= 11 is 0. The molecule has 0 fully saturated rings. The number of hydrogen-bond acceptors (Lipinski definition) is 7. The van der Waals surface area contributed by atoms with Crippen LogP contribution in [0.25, 0.3) is 11.6 Å². The Labute approximate surface area is 136 Å². The third kappa shape index (κ3) is 2.77. The van der Waals surface area contributed by atoms with Crippen LogP contribution >= 0.6 is 0 Å². The van der Waals surface area contributed by atoms with Crippen molar-refractivity contribution in [2.45, 2.75) is 38.9 Å². The molecule has 0 saturated heterocycles. The quantitative estimate of drug-likeness (QED) is 0.714. The summed E-state index contributed by atoms with van der Waals surface area (Å²) in [6, 6.07) is 3.53. The van der Waals surface area contributed by atoms with Gasteiger partial charge in [-0.2, -0.15) is 4.80 Å². The van der Waals surface area contributed by atoms with Crippen LogP contribution in [0.15, 0.2) is 22.8 Å². The molecule has 4 rings (SSSR count). The van der Waals surface area contributed by atoms with Crippen LogP contribution in [0.3, 0.4) is 0 Å². The van der Waals surface area contributed by atoms with Crippen molar-refractivity contribution in [3.8, 4) is 11.6 Å². The molecular weight excluding hydrogens is 312 g/mol. The second-order valence-electron chi connectivity index (χ2n) is 5.70. The maximum absolute atomic E-state index is 12.2. The van der Waals surface area contributed by atoms with E-state index in [0.717, 1.165) is 24.5 Å². The predicted octanol–water partition coefficient (Wildman–Crippen LogP) is -0.0358. The van der Waals surface area contributed by atoms with Crippen LogP contribution < -0.4 is 5.32 Å². The highest BCUT2D eigenvalue weighted by Crippen LogP contribution is 2.15. The Hall–Kier alpha value is -3.04. The SMILES string of the molecule is Cc1nnc2n1CC(NC(=O)Cn1nnc(-c3ccco3)n1)CC2. The predicted molar refractivity (Wildman–Crippen MR) is 80.5 cm³/mol. The van der Waals surface area contributed by atoms with Crippen molar-refractivity contribution in [1.29, 1.82) is 0 Å². The van der Waals surface area contributed by atoms with Crippen LogP contribution in [0.4, 0.5) is 0 Å². The lowest BCUT2D eigenvalue weighted by Gasteiger charge is -2.24. The van der Waals surface area contributed by atoms with Crippen LogP contribution in [0.2, 0.25) is 0 Å². The second kappa shape index (κ2) is 5.87. The van der Waals surface area contributed by atoms with Gasteiger partial charge >= 0.3 is 0 Å². The molecule has 124 valence electrons. The Kier molecular flexibility index (Phi) is 3.56. The molecule has 1 aliphatic heterocycles. The maximum Gasteiger partial charge on any atom is 0.243 e. The summed E-state index contributed by atoms with van der Waals surface area (Å²) in [4.78, 5) is 13.5. The molecule has 0 aliphatic carbocycles. The number of nitrogens with one attached hydrogen (secondary N) is 1. The summed E-state index contributed by atoms with van der Waals surface area (Å²) in [6.45, 7) is 2.61. The first kappa shape index (κ1) is 14.5. The largest absolute Gasteiger partial charge is 0.461 e. The van der Waals surface area contributed by atoms with Crippen molar-refractivity contribution in [3.63, 3.8) is 0 Å². The Morgan fingerprint density at radius 1 is 1.42 bits per heavy atom. The minimum Gasteiger partial charge on any atom is -0.461 e. The van der Waals surface area contributed by atoms with E-state index in [1.165, 1.54) is 11.1 Å². The number of fused-ring (bicyclic) bond motifs is 1. The zero-order chi connectivity index (χ0) is 16.5. The first-order valence-corrected chi connectivity index (χ1v) is 7.69. The minimum absolute atomic E-state index is 0.0121. The third-order valence-electron chi connectivity index (χ3n) is 3.98. The van der Waals surface area contributed by atoms with Crippen molar-refractivity contribution >= 4 is 5.91 Å². The van der Waals surface area contributed by atoms with Gasteiger partial charge < -0.3 is 14.3 Å². The Bertz CT molecular complexity index is 850. The van der Waals surface area contributed by atoms with Gasteiger partial charge in [0.1, 0.15) is 18.2 Å². The van der Waals surface area contributed by atoms with E-state index in [-0.39, 0.29) is 18.5 Å². The average Bonchev–Trinajstić information content (AvgIpc) is 3.29. The Morgan fingerprint density at radius 3 is 3.17 bits per heavy atom. The Balaban J connectivity index is 1.37. The normalized spacial score (nSPS) is 16.8. The van der Waals surface area contributed by atoms with E-state index in [2.05, 4.69) is 30.9 Å². The molecule has 3 aromatic heterocycles. The van der Waals surface area contributed by atoms with Crippen LogP contribution in [-0.2, 0) is 24.3 Å². The summed E-state index contributed by atoms with van der Waals surface area (Å²) in [5.41, 5.74) is 0. The van der Waals surface area contributed by atoms with Gasteiger partial charge in [-0.3, -0.25) is 4.79 Å². The number of aryl methyl sites for hydroxylation is 2. The van der Waals surface area contributed by atoms with Crippen LogP contribution in [0, 0.1) is 6.92 Å². The van der Waals surface area contributed by atoms with Gasteiger partial charge in [-0.15, -0.1) is 20.4 Å². The standard InChI is InChI=1S/C14H16N8O2/c1-9-16-17-12-5-4-10(7-21(9)12)15-13(23)8-22-19-14(18-20-22)11-3-2-6-24-11/h2-3,6,10H,4-5,7-8H2,1H3,(H,15,23). The van der Waals surface area contributed by atoms with Crippen molar-refractivity contribution < 1.29 is 9.21 Å². The van der Waals surface area contributed by atoms with Crippen molar-refractivity contribution in [3.05, 3.63) is 30.0 Å². The van der Waals surface area contributed by atoms with Crippen LogP contribution in [-0.4, -0.2) is 46.9 Å². The number of furan rings is 1. The molecule has 10 heteroatoms. The van der Waals surface area contributed by atoms with E-state index >= 15 is 0 Å². The van der Waals surface area contributed by atoms with Gasteiger partial charge in [0.2, 0.25) is 11.7 Å². The highest BCUT2D eigenvalue weighted by molar-refractivity contribution is 5.75. The zero-order valence-electron chi connectivity index (χ0n) is 13.1. The molecule has 1 atom stereocenters. The molecule has 1 N–H and O–H groups in total. The smallest absolute Gasteiger partial charge is 0.243 e.